The molecule has 4 heteroatoms. The summed E-state index contributed by atoms with van der Waals surface area (Å²) in [6, 6.07) is 0. The number of likely N-dealkylation sites (tertiary alicyclic amines) is 1. The van der Waals surface area contributed by atoms with Crippen molar-refractivity contribution in [3.63, 3.8) is 0 Å². The lowest BCUT2D eigenvalue weighted by atomic mass is 9.80. The summed E-state index contributed by atoms with van der Waals surface area (Å²) in [6.45, 7) is 8.74. The normalized spacial score (nSPS) is 20.7. The second-order valence-corrected chi connectivity index (χ2v) is 5.06. The summed E-state index contributed by atoms with van der Waals surface area (Å²) in [6.07, 6.45) is 2.92. The molecule has 0 aliphatic carbocycles. The summed E-state index contributed by atoms with van der Waals surface area (Å²) in [7, 11) is 0. The maximum absolute atomic E-state index is 11.3. The maximum atomic E-state index is 11.3. The Labute approximate surface area is 98.6 Å². The van der Waals surface area contributed by atoms with Gasteiger partial charge in [-0.05, 0) is 44.8 Å². The van der Waals surface area contributed by atoms with Gasteiger partial charge < -0.3 is 16.0 Å². The minimum Gasteiger partial charge on any atom is -0.356 e. The Balaban J connectivity index is 2.20. The lowest BCUT2D eigenvalue weighted by Crippen LogP contribution is -2.43. The van der Waals surface area contributed by atoms with Crippen molar-refractivity contribution in [1.29, 1.82) is 0 Å². The van der Waals surface area contributed by atoms with E-state index >= 15 is 0 Å². The smallest absolute Gasteiger partial charge is 0.221 e. The first-order valence-corrected chi connectivity index (χ1v) is 6.29. The molecule has 0 atom stereocenters. The Morgan fingerprint density at radius 2 is 2.06 bits per heavy atom. The molecule has 0 aromatic carbocycles. The van der Waals surface area contributed by atoms with Crippen molar-refractivity contribution in [2.24, 2.45) is 11.1 Å². The van der Waals surface area contributed by atoms with Gasteiger partial charge in [0, 0.05) is 19.5 Å². The molecule has 94 valence electrons. The van der Waals surface area contributed by atoms with Gasteiger partial charge in [-0.2, -0.15) is 0 Å². The zero-order chi connectivity index (χ0) is 12.0. The van der Waals surface area contributed by atoms with Crippen LogP contribution in [0.25, 0.3) is 0 Å². The van der Waals surface area contributed by atoms with Gasteiger partial charge in [-0.25, -0.2) is 0 Å². The number of nitrogens with two attached hydrogens (primary N) is 1. The first-order valence-electron chi connectivity index (χ1n) is 6.29. The molecular weight excluding hydrogens is 202 g/mol. The first-order chi connectivity index (χ1) is 7.59. The number of carbonyl (C=O) groups is 1. The van der Waals surface area contributed by atoms with E-state index in [1.165, 1.54) is 0 Å². The van der Waals surface area contributed by atoms with Gasteiger partial charge in [0.1, 0.15) is 0 Å². The fraction of sp³-hybridized carbons (Fsp3) is 0.917. The number of hydrogen-bond donors (Lipinski definition) is 2. The van der Waals surface area contributed by atoms with Crippen molar-refractivity contribution in [2.45, 2.75) is 33.1 Å². The number of nitrogens with one attached hydrogen (secondary N) is 1. The third-order valence-electron chi connectivity index (χ3n) is 3.59. The summed E-state index contributed by atoms with van der Waals surface area (Å²) >= 11 is 0. The van der Waals surface area contributed by atoms with Gasteiger partial charge in [-0.15, -0.1) is 0 Å². The van der Waals surface area contributed by atoms with Crippen LogP contribution in [0.1, 0.15) is 33.1 Å². The molecule has 4 nitrogen and oxygen atoms in total. The molecule has 0 spiro atoms. The van der Waals surface area contributed by atoms with Gasteiger partial charge in [0.25, 0.3) is 0 Å². The van der Waals surface area contributed by atoms with E-state index in [1.54, 1.807) is 0 Å². The van der Waals surface area contributed by atoms with Crippen LogP contribution in [0.5, 0.6) is 0 Å². The summed E-state index contributed by atoms with van der Waals surface area (Å²) in [5, 5.41) is 2.83. The molecule has 16 heavy (non-hydrogen) atoms. The SMILES string of the molecule is CCNC(=O)CCN1CCC(C)(CN)CC1. The van der Waals surface area contributed by atoms with E-state index in [0.717, 1.165) is 45.6 Å². The molecule has 1 amide bonds. The third kappa shape index (κ3) is 4.10. The van der Waals surface area contributed by atoms with Gasteiger partial charge in [0.2, 0.25) is 5.91 Å². The van der Waals surface area contributed by atoms with E-state index in [0.29, 0.717) is 11.8 Å². The van der Waals surface area contributed by atoms with Gasteiger partial charge in [-0.3, -0.25) is 4.79 Å². The topological polar surface area (TPSA) is 58.4 Å². The maximum Gasteiger partial charge on any atom is 0.221 e. The Hall–Kier alpha value is -0.610. The van der Waals surface area contributed by atoms with E-state index < -0.39 is 0 Å². The molecule has 0 saturated carbocycles. The number of piperidine rings is 1. The van der Waals surface area contributed by atoms with Crippen LogP contribution in [0.3, 0.4) is 0 Å². The minimum atomic E-state index is 0.162. The van der Waals surface area contributed by atoms with Crippen molar-refractivity contribution in [2.75, 3.05) is 32.7 Å². The molecule has 1 heterocycles. The van der Waals surface area contributed by atoms with Crippen LogP contribution in [-0.2, 0) is 4.79 Å². The fourth-order valence-corrected chi connectivity index (χ4v) is 2.07. The van der Waals surface area contributed by atoms with Crippen LogP contribution < -0.4 is 11.1 Å². The number of carbonyl (C=O) groups excluding carboxylic acids is 1. The molecule has 1 aliphatic heterocycles. The van der Waals surface area contributed by atoms with E-state index in [4.69, 9.17) is 5.73 Å². The lowest BCUT2D eigenvalue weighted by molar-refractivity contribution is -0.121. The average Bonchev–Trinajstić information content (AvgIpc) is 2.29. The summed E-state index contributed by atoms with van der Waals surface area (Å²) < 4.78 is 0. The van der Waals surface area contributed by atoms with Crippen LogP contribution in [0.4, 0.5) is 0 Å². The molecule has 0 aromatic heterocycles. The molecule has 3 N–H and O–H groups in total. The highest BCUT2D eigenvalue weighted by atomic mass is 16.1. The predicted octanol–water partition coefficient (Wildman–Crippen LogP) is 0.573. The molecule has 0 unspecified atom stereocenters. The largest absolute Gasteiger partial charge is 0.356 e. The van der Waals surface area contributed by atoms with Gasteiger partial charge in [0.05, 0.1) is 0 Å². The summed E-state index contributed by atoms with van der Waals surface area (Å²) in [5.74, 6) is 0.162. The Morgan fingerprint density at radius 1 is 1.44 bits per heavy atom. The predicted molar refractivity (Wildman–Crippen MR) is 66.1 cm³/mol. The van der Waals surface area contributed by atoms with E-state index in [1.807, 2.05) is 6.92 Å². The van der Waals surface area contributed by atoms with Gasteiger partial charge >= 0.3 is 0 Å². The van der Waals surface area contributed by atoms with Crippen molar-refractivity contribution in [1.82, 2.24) is 10.2 Å². The van der Waals surface area contributed by atoms with Gasteiger partial charge in [-0.1, -0.05) is 6.92 Å². The van der Waals surface area contributed by atoms with Crippen LogP contribution >= 0.6 is 0 Å². The average molecular weight is 227 g/mol. The summed E-state index contributed by atoms with van der Waals surface area (Å²) in [4.78, 5) is 13.7. The van der Waals surface area contributed by atoms with Crippen LogP contribution in [-0.4, -0.2) is 43.5 Å². The molecular formula is C12H25N3O. The molecule has 0 bridgehead atoms. The highest BCUT2D eigenvalue weighted by Crippen LogP contribution is 2.29. The molecule has 0 radical (unpaired) electrons. The highest BCUT2D eigenvalue weighted by molar-refractivity contribution is 5.75. The zero-order valence-corrected chi connectivity index (χ0v) is 10.6. The van der Waals surface area contributed by atoms with Crippen LogP contribution in [0.15, 0.2) is 0 Å². The second-order valence-electron chi connectivity index (χ2n) is 5.06. The van der Waals surface area contributed by atoms with Crippen molar-refractivity contribution in [3.8, 4) is 0 Å². The lowest BCUT2D eigenvalue weighted by Gasteiger charge is -2.38. The van der Waals surface area contributed by atoms with E-state index in [9.17, 15) is 4.79 Å². The molecule has 1 fully saturated rings. The third-order valence-corrected chi connectivity index (χ3v) is 3.59. The fourth-order valence-electron chi connectivity index (χ4n) is 2.07. The van der Waals surface area contributed by atoms with E-state index in [2.05, 4.69) is 17.1 Å². The van der Waals surface area contributed by atoms with Crippen molar-refractivity contribution < 1.29 is 4.79 Å². The summed E-state index contributed by atoms with van der Waals surface area (Å²) in [5.41, 5.74) is 6.08. The number of rotatable bonds is 5. The van der Waals surface area contributed by atoms with Crippen LogP contribution in [0.2, 0.25) is 0 Å². The number of amides is 1. The molecule has 1 rings (SSSR count). The van der Waals surface area contributed by atoms with Gasteiger partial charge in [0.15, 0.2) is 0 Å². The van der Waals surface area contributed by atoms with Crippen LogP contribution in [0, 0.1) is 5.41 Å². The number of hydrogen-bond acceptors (Lipinski definition) is 3. The quantitative estimate of drug-likeness (QED) is 0.722. The molecule has 0 aromatic rings. The Kier molecular flexibility index (Phi) is 5.22. The highest BCUT2D eigenvalue weighted by Gasteiger charge is 2.28. The van der Waals surface area contributed by atoms with Crippen molar-refractivity contribution in [3.05, 3.63) is 0 Å². The zero-order valence-electron chi connectivity index (χ0n) is 10.6. The Bertz CT molecular complexity index is 222. The van der Waals surface area contributed by atoms with E-state index in [-0.39, 0.29) is 5.91 Å². The standard InChI is InChI=1S/C12H25N3O/c1-3-14-11(16)4-7-15-8-5-12(2,10-13)6-9-15/h3-10,13H2,1-2H3,(H,14,16). The Morgan fingerprint density at radius 3 is 2.56 bits per heavy atom. The monoisotopic (exact) mass is 227 g/mol. The molecule has 1 saturated heterocycles. The minimum absolute atomic E-state index is 0.162. The second kappa shape index (κ2) is 6.21. The number of nitrogens with zero attached hydrogens (tertiary/aromatic N) is 1. The first kappa shape index (κ1) is 13.5. The van der Waals surface area contributed by atoms with Crippen molar-refractivity contribution >= 4 is 5.91 Å². The molecule has 1 aliphatic rings.